The Morgan fingerprint density at radius 2 is 1.74 bits per heavy atom. The van der Waals surface area contributed by atoms with E-state index in [1.54, 1.807) is 24.3 Å². The molecule has 4 N–H and O–H groups in total. The average Bonchev–Trinajstić information content (AvgIpc) is 3.87. The van der Waals surface area contributed by atoms with Gasteiger partial charge in [-0.3, -0.25) is 9.59 Å². The molecule has 12 nitrogen and oxygen atoms in total. The summed E-state index contributed by atoms with van der Waals surface area (Å²) in [5.41, 5.74) is 3.61. The number of halogens is 1. The van der Waals surface area contributed by atoms with Crippen LogP contribution in [0.25, 0.3) is 28.1 Å². The summed E-state index contributed by atoms with van der Waals surface area (Å²) in [6.45, 7) is 1.09. The van der Waals surface area contributed by atoms with Crippen LogP contribution < -0.4 is 10.0 Å². The molecule has 1 aliphatic rings. The second-order valence-electron chi connectivity index (χ2n) is 11.8. The zero-order valence-electron chi connectivity index (χ0n) is 27.2. The molecule has 1 aliphatic carbocycles. The van der Waals surface area contributed by atoms with E-state index in [2.05, 4.69) is 10.0 Å². The van der Waals surface area contributed by atoms with Gasteiger partial charge in [0, 0.05) is 49.4 Å². The molecular formula is C36H37FN2O10S. The van der Waals surface area contributed by atoms with Crippen molar-refractivity contribution in [3.05, 3.63) is 100 Å². The Morgan fingerprint density at radius 3 is 2.44 bits per heavy atom. The zero-order valence-corrected chi connectivity index (χ0v) is 28.1. The maximum absolute atomic E-state index is 13.6. The molecular weight excluding hydrogens is 671 g/mol. The van der Waals surface area contributed by atoms with Crippen LogP contribution in [-0.4, -0.2) is 69.7 Å². The Morgan fingerprint density at radius 1 is 1.00 bits per heavy atom. The van der Waals surface area contributed by atoms with E-state index in [1.807, 2.05) is 6.07 Å². The average molecular weight is 709 g/mol. The second-order valence-corrected chi connectivity index (χ2v) is 13.6. The number of carboxylic acid groups (broad SMARTS) is 1. The van der Waals surface area contributed by atoms with E-state index in [0.717, 1.165) is 18.4 Å². The molecule has 0 unspecified atom stereocenters. The van der Waals surface area contributed by atoms with E-state index in [1.165, 1.54) is 37.4 Å². The molecule has 0 radical (unpaired) electrons. The SMILES string of the molecule is CNC(=O)c1c(-c2ccc(F)cc2)oc2cc(CS(=O)(=O)NCCOCCCOCc3cccc(/C(O)=C/C(=O)C(=O)O)c3)c(C3CC3)cc12. The van der Waals surface area contributed by atoms with Crippen molar-refractivity contribution in [3.8, 4) is 11.3 Å². The number of ketones is 1. The van der Waals surface area contributed by atoms with E-state index in [0.29, 0.717) is 58.9 Å². The van der Waals surface area contributed by atoms with Gasteiger partial charge in [0.15, 0.2) is 0 Å². The number of hydrogen-bond donors (Lipinski definition) is 4. The number of fused-ring (bicyclic) bond motifs is 1. The van der Waals surface area contributed by atoms with Crippen molar-refractivity contribution < 1.29 is 51.3 Å². The Hall–Kier alpha value is -4.89. The van der Waals surface area contributed by atoms with Crippen LogP contribution in [0.15, 0.2) is 71.2 Å². The molecule has 4 aromatic rings. The Bertz CT molecular complexity index is 2020. The summed E-state index contributed by atoms with van der Waals surface area (Å²) in [4.78, 5) is 34.9. The van der Waals surface area contributed by atoms with Gasteiger partial charge in [0.2, 0.25) is 10.0 Å². The van der Waals surface area contributed by atoms with Crippen LogP contribution in [0.4, 0.5) is 4.39 Å². The predicted octanol–water partition coefficient (Wildman–Crippen LogP) is 5.07. The van der Waals surface area contributed by atoms with Crippen LogP contribution in [0, 0.1) is 5.82 Å². The lowest BCUT2D eigenvalue weighted by Crippen LogP contribution is -2.29. The number of sulfonamides is 1. The van der Waals surface area contributed by atoms with Gasteiger partial charge < -0.3 is 29.4 Å². The molecule has 14 heteroatoms. The van der Waals surface area contributed by atoms with Crippen molar-refractivity contribution >= 4 is 44.4 Å². The third-order valence-electron chi connectivity index (χ3n) is 7.99. The third-order valence-corrected chi connectivity index (χ3v) is 9.32. The summed E-state index contributed by atoms with van der Waals surface area (Å²) in [6.07, 6.45) is 3.00. The number of amides is 1. The molecule has 0 bridgehead atoms. The van der Waals surface area contributed by atoms with Gasteiger partial charge in [0.1, 0.15) is 22.9 Å². The normalized spacial score (nSPS) is 13.4. The molecule has 0 aliphatic heterocycles. The van der Waals surface area contributed by atoms with E-state index < -0.39 is 33.4 Å². The molecule has 3 aromatic carbocycles. The maximum atomic E-state index is 13.6. The monoisotopic (exact) mass is 708 g/mol. The summed E-state index contributed by atoms with van der Waals surface area (Å²) >= 11 is 0. The zero-order chi connectivity index (χ0) is 35.8. The standard InChI is InChI=1S/C36H37FN2O10S/c1-38-35(42)33-29-18-28(23-6-7-23)26(17-32(29)49-34(33)24-8-10-27(37)11-9-24)21-50(45,46)39-12-15-47-13-3-14-48-20-22-4-2-5-25(16-22)30(40)19-31(41)36(43)44/h2,4-5,8-11,16-19,23,39-40H,3,6-7,12-15,20-21H2,1H3,(H,38,42)(H,43,44)/b30-19-. The van der Waals surface area contributed by atoms with Crippen molar-refractivity contribution in [2.45, 2.75) is 37.5 Å². The number of carboxylic acids is 1. The largest absolute Gasteiger partial charge is 0.507 e. The number of hydrogen-bond acceptors (Lipinski definition) is 9. The smallest absolute Gasteiger partial charge is 0.376 e. The third kappa shape index (κ3) is 9.41. The minimum absolute atomic E-state index is 0.0642. The Labute approximate surface area is 287 Å². The summed E-state index contributed by atoms with van der Waals surface area (Å²) in [5.74, 6) is -3.98. The first kappa shape index (κ1) is 36.4. The molecule has 1 saturated carbocycles. The number of carbonyl (C=O) groups is 3. The minimum Gasteiger partial charge on any atom is -0.507 e. The van der Waals surface area contributed by atoms with Gasteiger partial charge in [-0.05, 0) is 84.3 Å². The summed E-state index contributed by atoms with van der Waals surface area (Å²) in [6, 6.07) is 15.6. The van der Waals surface area contributed by atoms with Crippen LogP contribution >= 0.6 is 0 Å². The number of benzene rings is 3. The number of rotatable bonds is 18. The predicted molar refractivity (Wildman–Crippen MR) is 182 cm³/mol. The number of ether oxygens (including phenoxy) is 2. The van der Waals surface area contributed by atoms with Crippen LogP contribution in [0.5, 0.6) is 0 Å². The first-order valence-electron chi connectivity index (χ1n) is 15.9. The highest BCUT2D eigenvalue weighted by Crippen LogP contribution is 2.45. The topological polar surface area (TPSA) is 181 Å². The highest BCUT2D eigenvalue weighted by Gasteiger charge is 2.31. The molecule has 5 rings (SSSR count). The second kappa shape index (κ2) is 16.2. The fraction of sp³-hybridized carbons (Fsp3) is 0.306. The van der Waals surface area contributed by atoms with E-state index in [4.69, 9.17) is 19.0 Å². The van der Waals surface area contributed by atoms with Gasteiger partial charge in [-0.25, -0.2) is 22.3 Å². The summed E-state index contributed by atoms with van der Waals surface area (Å²) in [5, 5.41) is 21.9. The number of aliphatic hydroxyl groups excluding tert-OH is 1. The van der Waals surface area contributed by atoms with Crippen molar-refractivity contribution in [3.63, 3.8) is 0 Å². The maximum Gasteiger partial charge on any atom is 0.376 e. The van der Waals surface area contributed by atoms with Crippen molar-refractivity contribution in [1.29, 1.82) is 0 Å². The Balaban J connectivity index is 1.11. The lowest BCUT2D eigenvalue weighted by molar-refractivity contribution is -0.146. The van der Waals surface area contributed by atoms with Crippen LogP contribution in [0.3, 0.4) is 0 Å². The molecule has 50 heavy (non-hydrogen) atoms. The quantitative estimate of drug-likeness (QED) is 0.0472. The molecule has 1 amide bonds. The van der Waals surface area contributed by atoms with Crippen LogP contribution in [0.1, 0.15) is 57.8 Å². The molecule has 0 atom stereocenters. The highest BCUT2D eigenvalue weighted by atomic mass is 32.2. The molecule has 1 fully saturated rings. The van der Waals surface area contributed by atoms with Gasteiger partial charge >= 0.3 is 5.97 Å². The first-order valence-corrected chi connectivity index (χ1v) is 17.6. The van der Waals surface area contributed by atoms with Crippen LogP contribution in [0.2, 0.25) is 0 Å². The first-order chi connectivity index (χ1) is 24.0. The lowest BCUT2D eigenvalue weighted by atomic mass is 9.98. The lowest BCUT2D eigenvalue weighted by Gasteiger charge is -2.12. The molecule has 1 heterocycles. The molecule has 264 valence electrons. The Kier molecular flexibility index (Phi) is 11.8. The van der Waals surface area contributed by atoms with E-state index in [9.17, 15) is 32.3 Å². The number of aliphatic hydroxyl groups is 1. The summed E-state index contributed by atoms with van der Waals surface area (Å²) in [7, 11) is -2.24. The highest BCUT2D eigenvalue weighted by molar-refractivity contribution is 7.88. The van der Waals surface area contributed by atoms with E-state index in [-0.39, 0.29) is 48.7 Å². The van der Waals surface area contributed by atoms with Gasteiger partial charge in [-0.1, -0.05) is 18.2 Å². The van der Waals surface area contributed by atoms with Gasteiger partial charge in [-0.15, -0.1) is 0 Å². The molecule has 1 aromatic heterocycles. The fourth-order valence-electron chi connectivity index (χ4n) is 5.43. The van der Waals surface area contributed by atoms with Crippen LogP contribution in [-0.2, 0) is 41.4 Å². The number of nitrogens with one attached hydrogen (secondary N) is 2. The number of carbonyl (C=O) groups excluding carboxylic acids is 2. The van der Waals surface area contributed by atoms with E-state index >= 15 is 0 Å². The van der Waals surface area contributed by atoms with Gasteiger partial charge in [0.05, 0.1) is 24.5 Å². The number of furan rings is 1. The van der Waals surface area contributed by atoms with Crippen molar-refractivity contribution in [2.75, 3.05) is 33.4 Å². The van der Waals surface area contributed by atoms with Gasteiger partial charge in [0.25, 0.3) is 11.7 Å². The molecule has 0 spiro atoms. The number of aliphatic carboxylic acids is 1. The minimum atomic E-state index is -3.75. The summed E-state index contributed by atoms with van der Waals surface area (Å²) < 4.78 is 59.6. The van der Waals surface area contributed by atoms with Crippen molar-refractivity contribution in [2.24, 2.45) is 0 Å². The van der Waals surface area contributed by atoms with Gasteiger partial charge in [-0.2, -0.15) is 0 Å². The van der Waals surface area contributed by atoms with Crippen molar-refractivity contribution in [1.82, 2.24) is 10.0 Å². The molecule has 0 saturated heterocycles. The fourth-order valence-corrected chi connectivity index (χ4v) is 6.58.